The lowest BCUT2D eigenvalue weighted by molar-refractivity contribution is 0.0925. The lowest BCUT2D eigenvalue weighted by Gasteiger charge is -2.07. The molecule has 0 radical (unpaired) electrons. The number of carbonyl (C=O) groups is 1. The van der Waals surface area contributed by atoms with Crippen LogP contribution in [0.25, 0.3) is 0 Å². The molecular weight excluding hydrogens is 232 g/mol. The molecule has 0 aliphatic carbocycles. The fraction of sp³-hybridized carbons (Fsp3) is 0.643. The molecule has 2 nitrogen and oxygen atoms in total. The van der Waals surface area contributed by atoms with Gasteiger partial charge in [0.15, 0.2) is 5.78 Å². The van der Waals surface area contributed by atoms with Crippen LogP contribution in [0, 0.1) is 0 Å². The van der Waals surface area contributed by atoms with Gasteiger partial charge in [-0.05, 0) is 44.2 Å². The molecule has 1 unspecified atom stereocenters. The maximum absolute atomic E-state index is 11.9. The SMILES string of the molecule is CCc1ccc(C(=O)CCCC2CCCO2)s1. The van der Waals surface area contributed by atoms with Gasteiger partial charge in [0.25, 0.3) is 0 Å². The predicted molar refractivity (Wildman–Crippen MR) is 70.9 cm³/mol. The molecule has 0 bridgehead atoms. The molecular formula is C14H20O2S. The Hall–Kier alpha value is -0.670. The van der Waals surface area contributed by atoms with E-state index in [1.54, 1.807) is 11.3 Å². The van der Waals surface area contributed by atoms with E-state index in [-0.39, 0.29) is 0 Å². The van der Waals surface area contributed by atoms with Gasteiger partial charge in [0.1, 0.15) is 0 Å². The van der Waals surface area contributed by atoms with Gasteiger partial charge in [-0.25, -0.2) is 0 Å². The summed E-state index contributed by atoms with van der Waals surface area (Å²) in [4.78, 5) is 14.1. The highest BCUT2D eigenvalue weighted by Crippen LogP contribution is 2.21. The quantitative estimate of drug-likeness (QED) is 0.719. The monoisotopic (exact) mass is 252 g/mol. The van der Waals surface area contributed by atoms with Crippen molar-refractivity contribution in [3.63, 3.8) is 0 Å². The normalized spacial score (nSPS) is 19.7. The molecule has 1 atom stereocenters. The third-order valence-corrected chi connectivity index (χ3v) is 4.51. The van der Waals surface area contributed by atoms with Gasteiger partial charge in [0.2, 0.25) is 0 Å². The van der Waals surface area contributed by atoms with E-state index < -0.39 is 0 Å². The van der Waals surface area contributed by atoms with Crippen molar-refractivity contribution in [2.75, 3.05) is 6.61 Å². The van der Waals surface area contributed by atoms with Crippen LogP contribution < -0.4 is 0 Å². The molecule has 1 aliphatic heterocycles. The second kappa shape index (κ2) is 6.31. The van der Waals surface area contributed by atoms with Crippen LogP contribution in [-0.2, 0) is 11.2 Å². The van der Waals surface area contributed by atoms with Crippen molar-refractivity contribution in [1.82, 2.24) is 0 Å². The average molecular weight is 252 g/mol. The van der Waals surface area contributed by atoms with Crippen molar-refractivity contribution >= 4 is 17.1 Å². The van der Waals surface area contributed by atoms with Crippen molar-refractivity contribution in [2.45, 2.75) is 51.6 Å². The summed E-state index contributed by atoms with van der Waals surface area (Å²) in [6.45, 7) is 3.03. The molecule has 1 saturated heterocycles. The van der Waals surface area contributed by atoms with Crippen LogP contribution >= 0.6 is 11.3 Å². The van der Waals surface area contributed by atoms with E-state index >= 15 is 0 Å². The molecule has 1 aliphatic rings. The number of hydrogen-bond acceptors (Lipinski definition) is 3. The van der Waals surface area contributed by atoms with Gasteiger partial charge in [-0.2, -0.15) is 0 Å². The molecule has 2 rings (SSSR count). The summed E-state index contributed by atoms with van der Waals surface area (Å²) in [7, 11) is 0. The summed E-state index contributed by atoms with van der Waals surface area (Å²) in [5, 5.41) is 0. The van der Waals surface area contributed by atoms with Gasteiger partial charge in [-0.3, -0.25) is 4.79 Å². The van der Waals surface area contributed by atoms with Gasteiger partial charge in [0, 0.05) is 17.9 Å². The van der Waals surface area contributed by atoms with Crippen LogP contribution in [-0.4, -0.2) is 18.5 Å². The highest BCUT2D eigenvalue weighted by molar-refractivity contribution is 7.14. The van der Waals surface area contributed by atoms with E-state index in [1.165, 1.54) is 17.7 Å². The summed E-state index contributed by atoms with van der Waals surface area (Å²) >= 11 is 1.64. The number of carbonyl (C=O) groups excluding carboxylic acids is 1. The minimum atomic E-state index is 0.299. The Bertz CT molecular complexity index is 364. The third kappa shape index (κ3) is 3.65. The average Bonchev–Trinajstić information content (AvgIpc) is 2.99. The summed E-state index contributed by atoms with van der Waals surface area (Å²) in [6, 6.07) is 4.04. The predicted octanol–water partition coefficient (Wildman–Crippen LogP) is 3.84. The van der Waals surface area contributed by atoms with Crippen LogP contribution in [0.3, 0.4) is 0 Å². The van der Waals surface area contributed by atoms with Crippen LogP contribution in [0.5, 0.6) is 0 Å². The first-order valence-corrected chi connectivity index (χ1v) is 7.34. The minimum Gasteiger partial charge on any atom is -0.378 e. The number of aryl methyl sites for hydroxylation is 1. The zero-order valence-corrected chi connectivity index (χ0v) is 11.2. The first kappa shape index (κ1) is 12.8. The van der Waals surface area contributed by atoms with Crippen molar-refractivity contribution in [2.24, 2.45) is 0 Å². The number of Topliss-reactive ketones (excluding diaryl/α,β-unsaturated/α-hetero) is 1. The molecule has 1 fully saturated rings. The van der Waals surface area contributed by atoms with Crippen molar-refractivity contribution in [3.8, 4) is 0 Å². The largest absolute Gasteiger partial charge is 0.378 e. The third-order valence-electron chi connectivity index (χ3n) is 3.24. The molecule has 17 heavy (non-hydrogen) atoms. The van der Waals surface area contributed by atoms with Crippen LogP contribution in [0.2, 0.25) is 0 Å². The highest BCUT2D eigenvalue weighted by atomic mass is 32.1. The minimum absolute atomic E-state index is 0.299. The summed E-state index contributed by atoms with van der Waals surface area (Å²) < 4.78 is 5.55. The van der Waals surface area contributed by atoms with Gasteiger partial charge >= 0.3 is 0 Å². The van der Waals surface area contributed by atoms with E-state index in [1.807, 2.05) is 6.07 Å². The topological polar surface area (TPSA) is 26.3 Å². The molecule has 0 spiro atoms. The van der Waals surface area contributed by atoms with Crippen LogP contribution in [0.1, 0.15) is 53.6 Å². The Morgan fingerprint density at radius 1 is 1.53 bits per heavy atom. The highest BCUT2D eigenvalue weighted by Gasteiger charge is 2.16. The van der Waals surface area contributed by atoms with Gasteiger partial charge in [0.05, 0.1) is 11.0 Å². The van der Waals surface area contributed by atoms with E-state index in [0.29, 0.717) is 18.3 Å². The number of ketones is 1. The van der Waals surface area contributed by atoms with Crippen molar-refractivity contribution < 1.29 is 9.53 Å². The Morgan fingerprint density at radius 2 is 2.41 bits per heavy atom. The molecule has 0 aromatic carbocycles. The zero-order valence-electron chi connectivity index (χ0n) is 10.4. The molecule has 3 heteroatoms. The van der Waals surface area contributed by atoms with Crippen LogP contribution in [0.4, 0.5) is 0 Å². The van der Waals surface area contributed by atoms with E-state index in [4.69, 9.17) is 4.74 Å². The van der Waals surface area contributed by atoms with E-state index in [2.05, 4.69) is 13.0 Å². The first-order chi connectivity index (χ1) is 8.29. The molecule has 94 valence electrons. The maximum atomic E-state index is 11.9. The van der Waals surface area contributed by atoms with Gasteiger partial charge < -0.3 is 4.74 Å². The first-order valence-electron chi connectivity index (χ1n) is 6.53. The van der Waals surface area contributed by atoms with Gasteiger partial charge in [-0.15, -0.1) is 11.3 Å². The summed E-state index contributed by atoms with van der Waals surface area (Å²) in [5.74, 6) is 0.299. The Labute approximate surface area is 107 Å². The summed E-state index contributed by atoms with van der Waals surface area (Å²) in [6.07, 6.45) is 6.46. The fourth-order valence-electron chi connectivity index (χ4n) is 2.20. The second-order valence-corrected chi connectivity index (χ2v) is 5.74. The lowest BCUT2D eigenvalue weighted by Crippen LogP contribution is -2.06. The Morgan fingerprint density at radius 3 is 3.06 bits per heavy atom. The summed E-state index contributed by atoms with van der Waals surface area (Å²) in [5.41, 5.74) is 0. The molecule has 0 saturated carbocycles. The molecule has 0 amide bonds. The molecule has 0 N–H and O–H groups in total. The second-order valence-electron chi connectivity index (χ2n) is 4.57. The number of thiophene rings is 1. The number of hydrogen-bond donors (Lipinski definition) is 0. The molecule has 2 heterocycles. The van der Waals surface area contributed by atoms with E-state index in [0.717, 1.165) is 30.7 Å². The standard InChI is InChI=1S/C14H20O2S/c1-2-12-8-9-14(17-12)13(15)7-3-5-11-6-4-10-16-11/h8-9,11H,2-7,10H2,1H3. The number of ether oxygens (including phenoxy) is 1. The smallest absolute Gasteiger partial charge is 0.172 e. The van der Waals surface area contributed by atoms with Crippen molar-refractivity contribution in [3.05, 3.63) is 21.9 Å². The molecule has 1 aromatic heterocycles. The number of rotatable bonds is 6. The van der Waals surface area contributed by atoms with E-state index in [9.17, 15) is 4.79 Å². The van der Waals surface area contributed by atoms with Gasteiger partial charge in [-0.1, -0.05) is 6.92 Å². The maximum Gasteiger partial charge on any atom is 0.172 e. The van der Waals surface area contributed by atoms with Crippen molar-refractivity contribution in [1.29, 1.82) is 0 Å². The Balaban J connectivity index is 1.72. The Kier molecular flexibility index (Phi) is 4.75. The fourth-order valence-corrected chi connectivity index (χ4v) is 3.12. The van der Waals surface area contributed by atoms with Crippen LogP contribution in [0.15, 0.2) is 12.1 Å². The molecule has 1 aromatic rings. The zero-order chi connectivity index (χ0) is 12.1. The lowest BCUT2D eigenvalue weighted by atomic mass is 10.1.